The molecule has 1 aromatic carbocycles. The Hall–Kier alpha value is -1.85. The maximum absolute atomic E-state index is 12.5. The van der Waals surface area contributed by atoms with Gasteiger partial charge in [-0.05, 0) is 31.6 Å². The summed E-state index contributed by atoms with van der Waals surface area (Å²) in [4.78, 5) is 19.0. The van der Waals surface area contributed by atoms with Crippen molar-refractivity contribution in [3.05, 3.63) is 41.9 Å². The second-order valence-corrected chi connectivity index (χ2v) is 7.35. The molecule has 5 nitrogen and oxygen atoms in total. The van der Waals surface area contributed by atoms with Crippen molar-refractivity contribution in [1.82, 2.24) is 9.88 Å². The van der Waals surface area contributed by atoms with Crippen LogP contribution in [0, 0.1) is 18.8 Å². The van der Waals surface area contributed by atoms with Gasteiger partial charge in [0.1, 0.15) is 0 Å². The smallest absolute Gasteiger partial charge is 0.223 e. The summed E-state index contributed by atoms with van der Waals surface area (Å²) in [6, 6.07) is 10.2. The van der Waals surface area contributed by atoms with Crippen LogP contribution in [0.15, 0.2) is 34.7 Å². The van der Waals surface area contributed by atoms with Gasteiger partial charge in [0.05, 0.1) is 5.69 Å². The summed E-state index contributed by atoms with van der Waals surface area (Å²) < 4.78 is 5.90. The van der Waals surface area contributed by atoms with Gasteiger partial charge in [-0.1, -0.05) is 30.3 Å². The number of oxazole rings is 1. The van der Waals surface area contributed by atoms with E-state index in [2.05, 4.69) is 4.98 Å². The number of nitrogens with two attached hydrogens (primary N) is 1. The van der Waals surface area contributed by atoms with Gasteiger partial charge in [-0.15, -0.1) is 12.4 Å². The lowest BCUT2D eigenvalue weighted by Gasteiger charge is -2.18. The first-order chi connectivity index (χ1) is 12.1. The van der Waals surface area contributed by atoms with Gasteiger partial charge in [0.2, 0.25) is 5.91 Å². The number of rotatable bonds is 4. The van der Waals surface area contributed by atoms with Crippen molar-refractivity contribution < 1.29 is 9.21 Å². The average Bonchev–Trinajstić information content (AvgIpc) is 3.30. The van der Waals surface area contributed by atoms with E-state index < -0.39 is 0 Å². The molecule has 0 radical (unpaired) electrons. The van der Waals surface area contributed by atoms with Crippen LogP contribution in [0.3, 0.4) is 0 Å². The fourth-order valence-electron chi connectivity index (χ4n) is 4.30. The largest absolute Gasteiger partial charge is 0.440 e. The molecule has 1 saturated heterocycles. The highest BCUT2D eigenvalue weighted by Crippen LogP contribution is 2.37. The van der Waals surface area contributed by atoms with Crippen LogP contribution in [0.5, 0.6) is 0 Å². The Labute approximate surface area is 160 Å². The number of benzene rings is 1. The molecule has 2 aliphatic rings. The number of fused-ring (bicyclic) bond motifs is 1. The van der Waals surface area contributed by atoms with Crippen molar-refractivity contribution in [3.63, 3.8) is 0 Å². The first-order valence-electron chi connectivity index (χ1n) is 9.17. The molecule has 3 unspecified atom stereocenters. The third-order valence-electron chi connectivity index (χ3n) is 5.69. The Morgan fingerprint density at radius 2 is 2.04 bits per heavy atom. The second-order valence-electron chi connectivity index (χ2n) is 7.35. The number of aromatic nitrogens is 1. The number of amides is 1. The van der Waals surface area contributed by atoms with Gasteiger partial charge in [-0.25, -0.2) is 4.98 Å². The predicted octanol–water partition coefficient (Wildman–Crippen LogP) is 3.20. The summed E-state index contributed by atoms with van der Waals surface area (Å²) in [6.45, 7) is 3.64. The van der Waals surface area contributed by atoms with Gasteiger partial charge < -0.3 is 15.1 Å². The van der Waals surface area contributed by atoms with E-state index in [1.54, 1.807) is 0 Å². The average molecular weight is 376 g/mol. The number of carbonyl (C=O) groups excluding carboxylic acids is 1. The summed E-state index contributed by atoms with van der Waals surface area (Å²) in [5, 5.41) is 0. The Morgan fingerprint density at radius 3 is 2.77 bits per heavy atom. The van der Waals surface area contributed by atoms with Crippen LogP contribution in [0.1, 0.15) is 30.8 Å². The lowest BCUT2D eigenvalue weighted by atomic mass is 9.98. The number of likely N-dealkylation sites (tertiary alicyclic amines) is 1. The molecule has 2 fully saturated rings. The molecule has 1 aromatic heterocycles. The second kappa shape index (κ2) is 7.80. The number of nitrogens with zero attached hydrogens (tertiary/aromatic N) is 2. The fraction of sp³-hybridized carbons (Fsp3) is 0.500. The molecular weight excluding hydrogens is 350 g/mol. The predicted molar refractivity (Wildman–Crippen MR) is 103 cm³/mol. The van der Waals surface area contributed by atoms with Crippen molar-refractivity contribution in [2.24, 2.45) is 17.6 Å². The molecule has 2 heterocycles. The lowest BCUT2D eigenvalue weighted by molar-refractivity contribution is -0.130. The molecule has 4 rings (SSSR count). The molecule has 26 heavy (non-hydrogen) atoms. The highest BCUT2D eigenvalue weighted by Gasteiger charge is 2.42. The highest BCUT2D eigenvalue weighted by atomic mass is 35.5. The van der Waals surface area contributed by atoms with Gasteiger partial charge in [0, 0.05) is 37.5 Å². The normalized spacial score (nSPS) is 24.4. The van der Waals surface area contributed by atoms with Crippen molar-refractivity contribution in [1.29, 1.82) is 0 Å². The molecule has 6 heteroatoms. The SMILES string of the molecule is Cc1nc(CCC(=O)N2CC3CCC(N)C3C2)oc1-c1ccccc1.Cl. The van der Waals surface area contributed by atoms with E-state index in [4.69, 9.17) is 10.2 Å². The number of aryl methyl sites for hydroxylation is 2. The van der Waals surface area contributed by atoms with E-state index in [0.717, 1.165) is 42.9 Å². The molecular formula is C20H26ClN3O2. The summed E-state index contributed by atoms with van der Waals surface area (Å²) in [6.07, 6.45) is 3.26. The topological polar surface area (TPSA) is 72.4 Å². The molecule has 140 valence electrons. The van der Waals surface area contributed by atoms with Crippen molar-refractivity contribution >= 4 is 18.3 Å². The van der Waals surface area contributed by atoms with Gasteiger partial charge >= 0.3 is 0 Å². The number of hydrogen-bond acceptors (Lipinski definition) is 4. The third-order valence-corrected chi connectivity index (χ3v) is 5.69. The van der Waals surface area contributed by atoms with Crippen LogP contribution in [-0.4, -0.2) is 34.9 Å². The Bertz CT molecular complexity index is 762. The Morgan fingerprint density at radius 1 is 1.27 bits per heavy atom. The van der Waals surface area contributed by atoms with Gasteiger partial charge in [-0.2, -0.15) is 0 Å². The van der Waals surface area contributed by atoms with Crippen molar-refractivity contribution in [2.45, 2.75) is 38.6 Å². The van der Waals surface area contributed by atoms with E-state index in [1.807, 2.05) is 42.2 Å². The minimum atomic E-state index is 0. The first kappa shape index (κ1) is 18.9. The Kier molecular flexibility index (Phi) is 5.68. The van der Waals surface area contributed by atoms with E-state index in [0.29, 0.717) is 30.6 Å². The maximum Gasteiger partial charge on any atom is 0.223 e. The zero-order valence-electron chi connectivity index (χ0n) is 15.1. The fourth-order valence-corrected chi connectivity index (χ4v) is 4.30. The molecule has 2 N–H and O–H groups in total. The summed E-state index contributed by atoms with van der Waals surface area (Å²) in [5.74, 6) is 2.73. The van der Waals surface area contributed by atoms with Gasteiger partial charge in [0.25, 0.3) is 0 Å². The molecule has 3 atom stereocenters. The van der Waals surface area contributed by atoms with Crippen LogP contribution in [0.2, 0.25) is 0 Å². The summed E-state index contributed by atoms with van der Waals surface area (Å²) >= 11 is 0. The number of carbonyl (C=O) groups is 1. The van der Waals surface area contributed by atoms with E-state index in [9.17, 15) is 4.79 Å². The Balaban J connectivity index is 0.00000196. The zero-order valence-corrected chi connectivity index (χ0v) is 15.9. The molecule has 1 saturated carbocycles. The van der Waals surface area contributed by atoms with E-state index >= 15 is 0 Å². The monoisotopic (exact) mass is 375 g/mol. The minimum Gasteiger partial charge on any atom is -0.440 e. The maximum atomic E-state index is 12.5. The van der Waals surface area contributed by atoms with Crippen molar-refractivity contribution in [3.8, 4) is 11.3 Å². The molecule has 1 aliphatic heterocycles. The molecule has 0 bridgehead atoms. The zero-order chi connectivity index (χ0) is 17.4. The quantitative estimate of drug-likeness (QED) is 0.890. The molecule has 2 aromatic rings. The lowest BCUT2D eigenvalue weighted by Crippen LogP contribution is -2.33. The van der Waals surface area contributed by atoms with Crippen LogP contribution < -0.4 is 5.73 Å². The molecule has 1 aliphatic carbocycles. The third kappa shape index (κ3) is 3.64. The van der Waals surface area contributed by atoms with Crippen LogP contribution >= 0.6 is 12.4 Å². The van der Waals surface area contributed by atoms with E-state index in [1.165, 1.54) is 0 Å². The molecule has 1 amide bonds. The summed E-state index contributed by atoms with van der Waals surface area (Å²) in [7, 11) is 0. The van der Waals surface area contributed by atoms with Gasteiger partial charge in [-0.3, -0.25) is 4.79 Å². The minimum absolute atomic E-state index is 0. The van der Waals surface area contributed by atoms with Crippen LogP contribution in [0.25, 0.3) is 11.3 Å². The highest BCUT2D eigenvalue weighted by molar-refractivity contribution is 5.85. The first-order valence-corrected chi connectivity index (χ1v) is 9.17. The number of hydrogen-bond donors (Lipinski definition) is 1. The van der Waals surface area contributed by atoms with Crippen LogP contribution in [-0.2, 0) is 11.2 Å². The van der Waals surface area contributed by atoms with E-state index in [-0.39, 0.29) is 24.4 Å². The van der Waals surface area contributed by atoms with Crippen molar-refractivity contribution in [2.75, 3.05) is 13.1 Å². The van der Waals surface area contributed by atoms with Crippen LogP contribution in [0.4, 0.5) is 0 Å². The van der Waals surface area contributed by atoms with Gasteiger partial charge in [0.15, 0.2) is 11.7 Å². The standard InChI is InChI=1S/C20H25N3O2.ClH/c1-13-20(14-5-3-2-4-6-14)25-18(22-13)9-10-19(24)23-11-15-7-8-17(21)16(15)12-23;/h2-6,15-17H,7-12,21H2,1H3;1H. The number of halogens is 1. The summed E-state index contributed by atoms with van der Waals surface area (Å²) in [5.41, 5.74) is 8.05. The molecule has 0 spiro atoms.